The molecule has 3 aromatic rings. The Morgan fingerprint density at radius 1 is 0.682 bits per heavy atom. The number of unbranched alkanes of at least 4 members (excludes halogenated alkanes) is 3. The smallest absolute Gasteiger partial charge is 0.0146 e. The largest absolute Gasteiger partial charge is 0.0622 e. The first-order chi connectivity index (χ1) is 10.9. The van der Waals surface area contributed by atoms with Gasteiger partial charge in [-0.05, 0) is 40.3 Å². The molecule has 0 unspecified atom stereocenters. The van der Waals surface area contributed by atoms with Crippen molar-refractivity contribution in [1.82, 2.24) is 0 Å². The molecular weight excluding hydrogens is 264 g/mol. The second-order valence-electron chi connectivity index (χ2n) is 5.84. The molecule has 0 aliphatic carbocycles. The van der Waals surface area contributed by atoms with Gasteiger partial charge < -0.3 is 0 Å². The Morgan fingerprint density at radius 3 is 2.27 bits per heavy atom. The molecule has 0 N–H and O–H groups in total. The van der Waals surface area contributed by atoms with Gasteiger partial charge in [-0.15, -0.1) is 0 Å². The highest BCUT2D eigenvalue weighted by molar-refractivity contribution is 5.91. The quantitative estimate of drug-likeness (QED) is 0.457. The van der Waals surface area contributed by atoms with Crippen molar-refractivity contribution in [2.45, 2.75) is 32.1 Å². The highest BCUT2D eigenvalue weighted by Gasteiger charge is 2.09. The van der Waals surface area contributed by atoms with Crippen LogP contribution in [0.4, 0.5) is 0 Å². The third-order valence-electron chi connectivity index (χ3n) is 4.30. The first-order valence-electron chi connectivity index (χ1n) is 8.25. The van der Waals surface area contributed by atoms with Gasteiger partial charge in [-0.25, -0.2) is 0 Å². The number of aryl methyl sites for hydroxylation is 1. The number of benzene rings is 3. The zero-order chi connectivity index (χ0) is 15.2. The predicted octanol–water partition coefficient (Wildman–Crippen LogP) is 6.44. The molecule has 1 radical (unpaired) electrons. The zero-order valence-corrected chi connectivity index (χ0v) is 13.1. The van der Waals surface area contributed by atoms with Crippen LogP contribution >= 0.6 is 0 Å². The van der Waals surface area contributed by atoms with Crippen molar-refractivity contribution in [1.29, 1.82) is 0 Å². The van der Waals surface area contributed by atoms with Gasteiger partial charge in [0.1, 0.15) is 0 Å². The van der Waals surface area contributed by atoms with Crippen LogP contribution in [0.2, 0.25) is 0 Å². The van der Waals surface area contributed by atoms with E-state index in [2.05, 4.69) is 73.7 Å². The topological polar surface area (TPSA) is 0 Å². The minimum Gasteiger partial charge on any atom is -0.0622 e. The van der Waals surface area contributed by atoms with Crippen molar-refractivity contribution in [3.05, 3.63) is 79.2 Å². The molecule has 0 aliphatic rings. The minimum atomic E-state index is 1.04. The van der Waals surface area contributed by atoms with E-state index in [9.17, 15) is 0 Å². The Bertz CT molecular complexity index is 725. The lowest BCUT2D eigenvalue weighted by molar-refractivity contribution is 0.688. The molecule has 3 aromatic carbocycles. The molecule has 22 heavy (non-hydrogen) atoms. The van der Waals surface area contributed by atoms with E-state index in [-0.39, 0.29) is 0 Å². The van der Waals surface area contributed by atoms with E-state index in [1.807, 2.05) is 0 Å². The average Bonchev–Trinajstić information content (AvgIpc) is 2.59. The van der Waals surface area contributed by atoms with Crippen LogP contribution < -0.4 is 0 Å². The maximum atomic E-state index is 3.95. The lowest BCUT2D eigenvalue weighted by Crippen LogP contribution is -1.93. The van der Waals surface area contributed by atoms with E-state index in [0.717, 1.165) is 12.8 Å². The molecule has 0 fully saturated rings. The Kier molecular flexibility index (Phi) is 4.90. The summed E-state index contributed by atoms with van der Waals surface area (Å²) in [5.74, 6) is 0. The molecule has 0 saturated heterocycles. The molecule has 0 heteroatoms. The van der Waals surface area contributed by atoms with Gasteiger partial charge in [-0.2, -0.15) is 0 Å². The fourth-order valence-electron chi connectivity index (χ4n) is 3.15. The minimum absolute atomic E-state index is 1.04. The van der Waals surface area contributed by atoms with Crippen molar-refractivity contribution >= 4 is 10.8 Å². The van der Waals surface area contributed by atoms with E-state index >= 15 is 0 Å². The maximum Gasteiger partial charge on any atom is -0.0146 e. The van der Waals surface area contributed by atoms with Crippen molar-refractivity contribution in [2.75, 3.05) is 0 Å². The number of rotatable bonds is 6. The predicted molar refractivity (Wildman–Crippen MR) is 96.9 cm³/mol. The van der Waals surface area contributed by atoms with Crippen LogP contribution in [0.1, 0.15) is 31.2 Å². The van der Waals surface area contributed by atoms with Gasteiger partial charge in [0, 0.05) is 0 Å². The van der Waals surface area contributed by atoms with Crippen LogP contribution in [0.25, 0.3) is 21.9 Å². The molecule has 0 saturated carbocycles. The van der Waals surface area contributed by atoms with Crippen LogP contribution in [-0.2, 0) is 6.42 Å². The first kappa shape index (κ1) is 14.8. The Labute approximate surface area is 133 Å². The van der Waals surface area contributed by atoms with Gasteiger partial charge in [0.2, 0.25) is 0 Å². The highest BCUT2D eigenvalue weighted by Crippen LogP contribution is 2.31. The summed E-state index contributed by atoms with van der Waals surface area (Å²) in [5, 5.41) is 2.74. The Morgan fingerprint density at radius 2 is 1.45 bits per heavy atom. The van der Waals surface area contributed by atoms with Crippen LogP contribution in [0.5, 0.6) is 0 Å². The molecule has 0 bridgehead atoms. The van der Waals surface area contributed by atoms with E-state index in [0.29, 0.717) is 0 Å². The summed E-state index contributed by atoms with van der Waals surface area (Å²) >= 11 is 0. The Balaban J connectivity index is 2.03. The van der Waals surface area contributed by atoms with Crippen LogP contribution in [0, 0.1) is 6.92 Å². The van der Waals surface area contributed by atoms with E-state index < -0.39 is 0 Å². The summed E-state index contributed by atoms with van der Waals surface area (Å²) < 4.78 is 0. The van der Waals surface area contributed by atoms with Gasteiger partial charge in [0.05, 0.1) is 0 Å². The molecule has 0 aliphatic heterocycles. The molecule has 0 spiro atoms. The van der Waals surface area contributed by atoms with Crippen molar-refractivity contribution in [3.63, 3.8) is 0 Å². The van der Waals surface area contributed by atoms with Crippen LogP contribution in [0.15, 0.2) is 66.7 Å². The molecule has 0 atom stereocenters. The molecular formula is C22H23. The van der Waals surface area contributed by atoms with E-state index in [1.54, 1.807) is 0 Å². The molecule has 0 amide bonds. The monoisotopic (exact) mass is 287 g/mol. The Hall–Kier alpha value is -2.08. The summed E-state index contributed by atoms with van der Waals surface area (Å²) in [4.78, 5) is 0. The van der Waals surface area contributed by atoms with Gasteiger partial charge >= 0.3 is 0 Å². The average molecular weight is 287 g/mol. The molecule has 0 heterocycles. The van der Waals surface area contributed by atoms with Crippen molar-refractivity contribution in [3.8, 4) is 11.1 Å². The fourth-order valence-corrected chi connectivity index (χ4v) is 3.15. The van der Waals surface area contributed by atoms with Crippen LogP contribution in [0.3, 0.4) is 0 Å². The standard InChI is InChI=1S/C22H23/c1-2-3-4-8-15-22-20-14-10-9-13-19(20)16-17-21(22)18-11-6-5-7-12-18/h5-7,9-14,16-17H,1-4,8,15H2. The van der Waals surface area contributed by atoms with Gasteiger partial charge in [-0.3, -0.25) is 0 Å². The zero-order valence-electron chi connectivity index (χ0n) is 13.1. The van der Waals surface area contributed by atoms with Gasteiger partial charge in [0.15, 0.2) is 0 Å². The summed E-state index contributed by atoms with van der Waals surface area (Å²) in [6.07, 6.45) is 5.92. The highest BCUT2D eigenvalue weighted by atomic mass is 14.1. The van der Waals surface area contributed by atoms with Crippen LogP contribution in [-0.4, -0.2) is 0 Å². The van der Waals surface area contributed by atoms with Crippen molar-refractivity contribution < 1.29 is 0 Å². The number of fused-ring (bicyclic) bond motifs is 1. The van der Waals surface area contributed by atoms with E-state index in [4.69, 9.17) is 0 Å². The molecule has 3 rings (SSSR count). The third-order valence-corrected chi connectivity index (χ3v) is 4.30. The first-order valence-corrected chi connectivity index (χ1v) is 8.25. The second-order valence-corrected chi connectivity index (χ2v) is 5.84. The normalized spacial score (nSPS) is 11.0. The third kappa shape index (κ3) is 3.22. The molecule has 0 nitrogen and oxygen atoms in total. The molecule has 0 aromatic heterocycles. The SMILES string of the molecule is [CH2]CCCCCc1c(-c2ccccc2)ccc2ccccc12. The van der Waals surface area contributed by atoms with E-state index in [1.165, 1.54) is 46.7 Å². The number of hydrogen-bond acceptors (Lipinski definition) is 0. The summed E-state index contributed by atoms with van der Waals surface area (Å²) in [5.41, 5.74) is 4.20. The summed E-state index contributed by atoms with van der Waals surface area (Å²) in [6.45, 7) is 3.95. The summed E-state index contributed by atoms with van der Waals surface area (Å²) in [7, 11) is 0. The van der Waals surface area contributed by atoms with Gasteiger partial charge in [0.25, 0.3) is 0 Å². The number of hydrogen-bond donors (Lipinski definition) is 0. The lowest BCUT2D eigenvalue weighted by atomic mass is 9.91. The second kappa shape index (κ2) is 7.26. The molecule has 111 valence electrons. The van der Waals surface area contributed by atoms with Gasteiger partial charge in [-0.1, -0.05) is 92.9 Å². The summed E-state index contributed by atoms with van der Waals surface area (Å²) in [6, 6.07) is 24.0. The van der Waals surface area contributed by atoms with Crippen molar-refractivity contribution in [2.24, 2.45) is 0 Å². The lowest BCUT2D eigenvalue weighted by Gasteiger charge is -2.14. The fraction of sp³-hybridized carbons (Fsp3) is 0.227. The maximum absolute atomic E-state index is 3.95.